The molecule has 0 aromatic carbocycles. The topological polar surface area (TPSA) is 305 Å². The van der Waals surface area contributed by atoms with Crippen molar-refractivity contribution in [2.45, 2.75) is 90.7 Å². The molecule has 12 amide bonds. The fraction of sp³-hybridized carbons (Fsp3) is 0.731. The standard InChI is InChI=1S/C52H90N12O15S2/c1-34(2)50(77)37(6)54-39(66)23-55(9)41(68)25-57(11)43(70)27-59(13)45(72)29-61(15)47(74)31-63(17)49(76)32-64(18)48(75)30-62(16)46(73)28-60(14)44(71)26-58(12)42(69)24-56(10)40(67)20-22-53-38(65)19-21-52(7,8)81-80-36(5)33-79-51(78)35(3)4/h34-37H,19-33H2,1-18H3,(H,53,65)(H,54,66)/t36?,37-/m0/s1. The summed E-state index contributed by atoms with van der Waals surface area (Å²) >= 11 is 0. The second-order valence-corrected chi connectivity index (χ2v) is 24.8. The number of likely N-dealkylation sites (N-methyl/N-ethyl adjacent to an activating group) is 10. The van der Waals surface area contributed by atoms with E-state index in [1.54, 1.807) is 56.2 Å². The fourth-order valence-electron chi connectivity index (χ4n) is 6.52. The average Bonchev–Trinajstić information content (AvgIpc) is 3.37. The van der Waals surface area contributed by atoms with Crippen molar-refractivity contribution in [2.24, 2.45) is 11.8 Å². The summed E-state index contributed by atoms with van der Waals surface area (Å²) in [6.07, 6.45) is 0.722. The number of carbonyl (C=O) groups is 14. The predicted molar refractivity (Wildman–Crippen MR) is 305 cm³/mol. The van der Waals surface area contributed by atoms with Crippen molar-refractivity contribution in [1.29, 1.82) is 0 Å². The van der Waals surface area contributed by atoms with Crippen LogP contribution in [0.4, 0.5) is 0 Å². The summed E-state index contributed by atoms with van der Waals surface area (Å²) < 4.78 is 5.04. The van der Waals surface area contributed by atoms with E-state index in [0.717, 1.165) is 44.1 Å². The molecule has 0 aromatic heterocycles. The summed E-state index contributed by atoms with van der Waals surface area (Å²) in [5.41, 5.74) is 0. The first kappa shape index (κ1) is 74.5. The number of hydrogen-bond donors (Lipinski definition) is 2. The Labute approximate surface area is 485 Å². The van der Waals surface area contributed by atoms with Crippen LogP contribution < -0.4 is 10.6 Å². The monoisotopic (exact) mass is 1190 g/mol. The summed E-state index contributed by atoms with van der Waals surface area (Å²) in [5, 5.41) is 5.33. The van der Waals surface area contributed by atoms with Gasteiger partial charge in [-0.15, -0.1) is 0 Å². The normalized spacial score (nSPS) is 11.8. The van der Waals surface area contributed by atoms with Crippen LogP contribution in [0.3, 0.4) is 0 Å². The maximum absolute atomic E-state index is 13.0. The van der Waals surface area contributed by atoms with Crippen molar-refractivity contribution in [3.8, 4) is 0 Å². The summed E-state index contributed by atoms with van der Waals surface area (Å²) in [7, 11) is 16.6. The van der Waals surface area contributed by atoms with Crippen LogP contribution in [-0.4, -0.2) is 297 Å². The van der Waals surface area contributed by atoms with Crippen molar-refractivity contribution in [3.63, 3.8) is 0 Å². The molecule has 0 heterocycles. The van der Waals surface area contributed by atoms with E-state index in [0.29, 0.717) is 13.0 Å². The molecule has 0 spiro atoms. The second kappa shape index (κ2) is 36.0. The maximum atomic E-state index is 13.0. The van der Waals surface area contributed by atoms with Gasteiger partial charge in [0.2, 0.25) is 70.9 Å². The Morgan fingerprint density at radius 2 is 0.704 bits per heavy atom. The van der Waals surface area contributed by atoms with E-state index in [1.807, 2.05) is 20.8 Å². The molecule has 460 valence electrons. The predicted octanol–water partition coefficient (Wildman–Crippen LogP) is -1.67. The van der Waals surface area contributed by atoms with Gasteiger partial charge in [-0.3, -0.25) is 67.1 Å². The average molecular weight is 1190 g/mol. The van der Waals surface area contributed by atoms with Gasteiger partial charge < -0.3 is 64.4 Å². The number of Topliss-reactive ketones (excluding diaryl/α,β-unsaturated/α-hetero) is 1. The van der Waals surface area contributed by atoms with Crippen LogP contribution in [0.25, 0.3) is 0 Å². The summed E-state index contributed by atoms with van der Waals surface area (Å²) in [6.45, 7) is 10.5. The van der Waals surface area contributed by atoms with Gasteiger partial charge in [0.15, 0.2) is 5.78 Å². The maximum Gasteiger partial charge on any atom is 0.308 e. The number of nitrogens with zero attached hydrogens (tertiary/aromatic N) is 10. The number of amides is 12. The van der Waals surface area contributed by atoms with E-state index in [2.05, 4.69) is 10.6 Å². The zero-order valence-electron chi connectivity index (χ0n) is 50.8. The summed E-state index contributed by atoms with van der Waals surface area (Å²) in [4.78, 5) is 189. The molecule has 29 heteroatoms. The molecular weight excluding hydrogens is 1100 g/mol. The lowest BCUT2D eigenvalue weighted by atomic mass is 10.0. The SMILES string of the molecule is CC(COC(=O)C(C)C)SSC(C)(C)CCC(=O)NCCC(=O)N(C)CC(=O)N(C)CC(=O)N(C)CC(=O)N(C)CC(=O)N(C)CC(=O)N(C)CC(=O)N(C)CC(=O)N(C)CC(=O)N(C)CC(=O)N(C)CC(=O)N[C@@H](C)C(=O)C(C)C. The molecule has 81 heavy (non-hydrogen) atoms. The van der Waals surface area contributed by atoms with Gasteiger partial charge in [0, 0.05) is 106 Å². The number of rotatable bonds is 35. The Morgan fingerprint density at radius 1 is 0.407 bits per heavy atom. The molecule has 0 saturated carbocycles. The molecule has 0 aromatic rings. The van der Waals surface area contributed by atoms with Crippen LogP contribution in [0, 0.1) is 11.8 Å². The van der Waals surface area contributed by atoms with E-state index < -0.39 is 123 Å². The Bertz CT molecular complexity index is 2250. The van der Waals surface area contributed by atoms with Crippen LogP contribution >= 0.6 is 21.6 Å². The molecule has 0 radical (unpaired) electrons. The van der Waals surface area contributed by atoms with Gasteiger partial charge in [0.05, 0.1) is 77.4 Å². The molecule has 2 atom stereocenters. The number of hydrogen-bond acceptors (Lipinski definition) is 17. The molecule has 0 saturated heterocycles. The van der Waals surface area contributed by atoms with Gasteiger partial charge in [-0.2, -0.15) is 0 Å². The third kappa shape index (κ3) is 29.7. The van der Waals surface area contributed by atoms with E-state index in [4.69, 9.17) is 4.74 Å². The fourth-order valence-corrected chi connectivity index (χ4v) is 8.94. The van der Waals surface area contributed by atoms with Gasteiger partial charge in [-0.25, -0.2) is 0 Å². The van der Waals surface area contributed by atoms with E-state index in [1.165, 1.54) is 75.4 Å². The number of nitrogens with one attached hydrogen (secondary N) is 2. The highest BCUT2D eigenvalue weighted by molar-refractivity contribution is 8.77. The van der Waals surface area contributed by atoms with Gasteiger partial charge in [0.25, 0.3) is 0 Å². The molecule has 2 N–H and O–H groups in total. The zero-order valence-corrected chi connectivity index (χ0v) is 52.5. The van der Waals surface area contributed by atoms with Crippen LogP contribution in [0.2, 0.25) is 0 Å². The number of carbonyl (C=O) groups excluding carboxylic acids is 14. The van der Waals surface area contributed by atoms with Gasteiger partial charge in [-0.05, 0) is 34.1 Å². The highest BCUT2D eigenvalue weighted by Gasteiger charge is 2.28. The van der Waals surface area contributed by atoms with E-state index >= 15 is 0 Å². The Morgan fingerprint density at radius 3 is 1.00 bits per heavy atom. The summed E-state index contributed by atoms with van der Waals surface area (Å²) in [5.74, 6) is -7.66. The van der Waals surface area contributed by atoms with Gasteiger partial charge >= 0.3 is 5.97 Å². The number of esters is 1. The number of ether oxygens (including phenoxy) is 1. The van der Waals surface area contributed by atoms with E-state index in [9.17, 15) is 67.1 Å². The van der Waals surface area contributed by atoms with E-state index in [-0.39, 0.29) is 72.0 Å². The molecule has 0 bridgehead atoms. The first-order chi connectivity index (χ1) is 37.3. The minimum atomic E-state index is -0.741. The first-order valence-corrected chi connectivity index (χ1v) is 28.5. The van der Waals surface area contributed by atoms with Gasteiger partial charge in [-0.1, -0.05) is 49.3 Å². The van der Waals surface area contributed by atoms with Crippen LogP contribution in [0.1, 0.15) is 74.7 Å². The lowest BCUT2D eigenvalue weighted by Gasteiger charge is -2.27. The molecule has 0 fully saturated rings. The van der Waals surface area contributed by atoms with Crippen LogP contribution in [0.15, 0.2) is 0 Å². The number of ketones is 1. The summed E-state index contributed by atoms with van der Waals surface area (Å²) in [6, 6.07) is -0.741. The van der Waals surface area contributed by atoms with Crippen molar-refractivity contribution in [1.82, 2.24) is 59.6 Å². The molecule has 27 nitrogen and oxygen atoms in total. The molecule has 0 rings (SSSR count). The van der Waals surface area contributed by atoms with Crippen molar-refractivity contribution >= 4 is 104 Å². The molecule has 1 unspecified atom stereocenters. The third-order valence-corrected chi connectivity index (χ3v) is 16.2. The van der Waals surface area contributed by atoms with Crippen molar-refractivity contribution in [2.75, 3.05) is 149 Å². The van der Waals surface area contributed by atoms with Crippen molar-refractivity contribution in [3.05, 3.63) is 0 Å². The Hall–Kier alpha value is -6.52. The minimum absolute atomic E-state index is 0.0564. The van der Waals surface area contributed by atoms with Gasteiger partial charge in [0.1, 0.15) is 6.61 Å². The molecule has 0 aliphatic carbocycles. The molecular formula is C52H90N12O15S2. The Kier molecular flexibility index (Phi) is 33.1. The smallest absolute Gasteiger partial charge is 0.308 e. The first-order valence-electron chi connectivity index (χ1n) is 26.3. The molecule has 0 aliphatic heterocycles. The second-order valence-electron chi connectivity index (χ2n) is 21.5. The lowest BCUT2D eigenvalue weighted by molar-refractivity contribution is -0.147. The largest absolute Gasteiger partial charge is 0.464 e. The van der Waals surface area contributed by atoms with Crippen molar-refractivity contribution < 1.29 is 71.9 Å². The zero-order chi connectivity index (χ0) is 62.8. The minimum Gasteiger partial charge on any atom is -0.464 e. The lowest BCUT2D eigenvalue weighted by Crippen LogP contribution is -2.49. The highest BCUT2D eigenvalue weighted by Crippen LogP contribution is 2.41. The quantitative estimate of drug-likeness (QED) is 0.0530. The Balaban J connectivity index is 4.84. The van der Waals surface area contributed by atoms with Crippen LogP contribution in [-0.2, 0) is 71.9 Å². The third-order valence-electron chi connectivity index (χ3n) is 12.3. The highest BCUT2D eigenvalue weighted by atomic mass is 33.1. The van der Waals surface area contributed by atoms with Crippen LogP contribution in [0.5, 0.6) is 0 Å². The molecule has 0 aliphatic rings.